The molecule has 0 aliphatic carbocycles. The van der Waals surface area contributed by atoms with Crippen LogP contribution >= 0.6 is 15.9 Å². The van der Waals surface area contributed by atoms with E-state index in [4.69, 9.17) is 5.53 Å². The quantitative estimate of drug-likeness (QED) is 0.519. The molecule has 2 heterocycles. The fraction of sp³-hybridized carbons (Fsp3) is 0.100. The molecule has 6 heteroatoms. The first kappa shape index (κ1) is 10.7. The standard InChI is InChI=1S/C10H8BrN5/c11-8-4-9-7(2-1-3-15-16-12)5-13-10(9)14-6-8/h1-2,4-6H,3H2,(H,13,14). The minimum atomic E-state index is 0.352. The van der Waals surface area contributed by atoms with Crippen LogP contribution in [0.2, 0.25) is 0 Å². The molecular formula is C10H8BrN5. The van der Waals surface area contributed by atoms with Crippen molar-refractivity contribution in [2.45, 2.75) is 0 Å². The molecule has 0 amide bonds. The molecular weight excluding hydrogens is 270 g/mol. The van der Waals surface area contributed by atoms with E-state index in [-0.39, 0.29) is 0 Å². The zero-order valence-corrected chi connectivity index (χ0v) is 9.85. The molecule has 0 fully saturated rings. The third-order valence-electron chi connectivity index (χ3n) is 2.08. The van der Waals surface area contributed by atoms with Gasteiger partial charge in [0.2, 0.25) is 0 Å². The first-order valence-corrected chi connectivity index (χ1v) is 5.40. The minimum Gasteiger partial charge on any atom is -0.346 e. The Bertz CT molecular complexity index is 580. The molecule has 0 spiro atoms. The summed E-state index contributed by atoms with van der Waals surface area (Å²) in [5, 5.41) is 4.46. The Morgan fingerprint density at radius 3 is 3.31 bits per heavy atom. The molecule has 0 aliphatic heterocycles. The van der Waals surface area contributed by atoms with Gasteiger partial charge in [0.1, 0.15) is 5.65 Å². The Balaban J connectivity index is 2.34. The van der Waals surface area contributed by atoms with Crippen molar-refractivity contribution in [3.63, 3.8) is 0 Å². The van der Waals surface area contributed by atoms with Gasteiger partial charge in [0, 0.05) is 39.3 Å². The molecule has 80 valence electrons. The number of aromatic amines is 1. The highest BCUT2D eigenvalue weighted by molar-refractivity contribution is 9.10. The Morgan fingerprint density at radius 1 is 1.62 bits per heavy atom. The van der Waals surface area contributed by atoms with Crippen molar-refractivity contribution >= 4 is 33.0 Å². The number of pyridine rings is 1. The number of nitrogens with zero attached hydrogens (tertiary/aromatic N) is 4. The molecule has 2 rings (SSSR count). The van der Waals surface area contributed by atoms with Crippen LogP contribution in [0.15, 0.2) is 34.1 Å². The summed E-state index contributed by atoms with van der Waals surface area (Å²) in [6, 6.07) is 1.99. The number of halogens is 1. The third kappa shape index (κ3) is 2.24. The molecule has 0 aromatic carbocycles. The van der Waals surface area contributed by atoms with Gasteiger partial charge < -0.3 is 4.98 Å². The van der Waals surface area contributed by atoms with Gasteiger partial charge in [-0.3, -0.25) is 0 Å². The zero-order valence-electron chi connectivity index (χ0n) is 8.26. The van der Waals surface area contributed by atoms with Crippen LogP contribution in [0, 0.1) is 0 Å². The van der Waals surface area contributed by atoms with Crippen molar-refractivity contribution in [2.24, 2.45) is 5.11 Å². The SMILES string of the molecule is [N-]=[N+]=NCC=Cc1c[nH]c2ncc(Br)cc12. The van der Waals surface area contributed by atoms with E-state index in [1.165, 1.54) is 0 Å². The Labute approximate surface area is 99.9 Å². The first-order valence-electron chi connectivity index (χ1n) is 4.61. The summed E-state index contributed by atoms with van der Waals surface area (Å²) in [6.45, 7) is 0.352. The van der Waals surface area contributed by atoms with Gasteiger partial charge >= 0.3 is 0 Å². The van der Waals surface area contributed by atoms with Crippen molar-refractivity contribution in [1.29, 1.82) is 0 Å². The van der Waals surface area contributed by atoms with E-state index < -0.39 is 0 Å². The fourth-order valence-electron chi connectivity index (χ4n) is 1.40. The number of azide groups is 1. The molecule has 0 unspecified atom stereocenters. The highest BCUT2D eigenvalue weighted by Crippen LogP contribution is 2.21. The lowest BCUT2D eigenvalue weighted by molar-refractivity contribution is 1.22. The number of fused-ring (bicyclic) bond motifs is 1. The summed E-state index contributed by atoms with van der Waals surface area (Å²) in [4.78, 5) is 9.97. The van der Waals surface area contributed by atoms with Gasteiger partial charge in [0.25, 0.3) is 0 Å². The molecule has 0 bridgehead atoms. The van der Waals surface area contributed by atoms with E-state index in [1.54, 1.807) is 6.20 Å². The van der Waals surface area contributed by atoms with Crippen molar-refractivity contribution in [3.05, 3.63) is 45.0 Å². The zero-order chi connectivity index (χ0) is 11.4. The van der Waals surface area contributed by atoms with E-state index >= 15 is 0 Å². The van der Waals surface area contributed by atoms with E-state index in [0.717, 1.165) is 21.1 Å². The summed E-state index contributed by atoms with van der Waals surface area (Å²) < 4.78 is 0.935. The number of hydrogen-bond donors (Lipinski definition) is 1. The van der Waals surface area contributed by atoms with Crippen molar-refractivity contribution in [1.82, 2.24) is 9.97 Å². The summed E-state index contributed by atoms with van der Waals surface area (Å²) in [6.07, 6.45) is 7.33. The van der Waals surface area contributed by atoms with Gasteiger partial charge in [-0.1, -0.05) is 17.3 Å². The molecule has 16 heavy (non-hydrogen) atoms. The fourth-order valence-corrected chi connectivity index (χ4v) is 1.73. The van der Waals surface area contributed by atoms with Crippen molar-refractivity contribution in [3.8, 4) is 0 Å². The first-order chi connectivity index (χ1) is 7.81. The molecule has 0 aliphatic rings. The Hall–Kier alpha value is -1.78. The van der Waals surface area contributed by atoms with Crippen LogP contribution in [0.3, 0.4) is 0 Å². The normalized spacial score (nSPS) is 10.8. The summed E-state index contributed by atoms with van der Waals surface area (Å²) in [5.74, 6) is 0. The lowest BCUT2D eigenvalue weighted by atomic mass is 10.2. The molecule has 5 nitrogen and oxygen atoms in total. The number of nitrogens with one attached hydrogen (secondary N) is 1. The maximum atomic E-state index is 8.13. The Morgan fingerprint density at radius 2 is 2.50 bits per heavy atom. The summed E-state index contributed by atoms with van der Waals surface area (Å²) in [7, 11) is 0. The van der Waals surface area contributed by atoms with Gasteiger partial charge in [-0.05, 0) is 27.5 Å². The largest absolute Gasteiger partial charge is 0.346 e. The van der Waals surface area contributed by atoms with Crippen molar-refractivity contribution in [2.75, 3.05) is 6.54 Å². The van der Waals surface area contributed by atoms with Crippen LogP contribution < -0.4 is 0 Å². The lowest BCUT2D eigenvalue weighted by Gasteiger charge is -1.92. The van der Waals surface area contributed by atoms with Crippen LogP contribution in [-0.2, 0) is 0 Å². The van der Waals surface area contributed by atoms with E-state index in [1.807, 2.05) is 24.4 Å². The average molecular weight is 278 g/mol. The summed E-state index contributed by atoms with van der Waals surface area (Å²) in [5.41, 5.74) is 10.00. The molecule has 1 N–H and O–H groups in total. The molecule has 2 aromatic heterocycles. The highest BCUT2D eigenvalue weighted by Gasteiger charge is 2.01. The molecule has 2 aromatic rings. The predicted octanol–water partition coefficient (Wildman–Crippen LogP) is 3.65. The van der Waals surface area contributed by atoms with Crippen LogP contribution in [0.1, 0.15) is 5.56 Å². The summed E-state index contributed by atoms with van der Waals surface area (Å²) >= 11 is 3.38. The van der Waals surface area contributed by atoms with Gasteiger partial charge in [0.15, 0.2) is 0 Å². The number of rotatable bonds is 3. The van der Waals surface area contributed by atoms with Gasteiger partial charge in [-0.25, -0.2) is 4.98 Å². The monoisotopic (exact) mass is 277 g/mol. The van der Waals surface area contributed by atoms with Crippen molar-refractivity contribution < 1.29 is 0 Å². The number of hydrogen-bond acceptors (Lipinski definition) is 2. The van der Waals surface area contributed by atoms with E-state index in [0.29, 0.717) is 6.54 Å². The molecule has 0 saturated carbocycles. The second-order valence-corrected chi connectivity index (χ2v) is 4.03. The average Bonchev–Trinajstić information content (AvgIpc) is 2.67. The van der Waals surface area contributed by atoms with Crippen LogP contribution in [0.25, 0.3) is 27.6 Å². The van der Waals surface area contributed by atoms with Crippen LogP contribution in [-0.4, -0.2) is 16.5 Å². The van der Waals surface area contributed by atoms with E-state index in [2.05, 4.69) is 35.9 Å². The maximum Gasteiger partial charge on any atom is 0.137 e. The molecule has 0 radical (unpaired) electrons. The predicted molar refractivity (Wildman–Crippen MR) is 66.8 cm³/mol. The smallest absolute Gasteiger partial charge is 0.137 e. The Kier molecular flexibility index (Phi) is 3.24. The van der Waals surface area contributed by atoms with E-state index in [9.17, 15) is 0 Å². The highest BCUT2D eigenvalue weighted by atomic mass is 79.9. The van der Waals surface area contributed by atoms with Crippen LogP contribution in [0.5, 0.6) is 0 Å². The third-order valence-corrected chi connectivity index (χ3v) is 2.51. The van der Waals surface area contributed by atoms with Gasteiger partial charge in [-0.2, -0.15) is 0 Å². The minimum absolute atomic E-state index is 0.352. The second-order valence-electron chi connectivity index (χ2n) is 3.11. The lowest BCUT2D eigenvalue weighted by Crippen LogP contribution is -1.76. The number of aromatic nitrogens is 2. The van der Waals surface area contributed by atoms with Crippen LogP contribution in [0.4, 0.5) is 0 Å². The molecule has 0 saturated heterocycles. The van der Waals surface area contributed by atoms with Gasteiger partial charge in [-0.15, -0.1) is 0 Å². The topological polar surface area (TPSA) is 77.4 Å². The number of H-pyrrole nitrogens is 1. The molecule has 0 atom stereocenters. The maximum absolute atomic E-state index is 8.13. The van der Waals surface area contributed by atoms with Gasteiger partial charge in [0.05, 0.1) is 0 Å². The second kappa shape index (κ2) is 4.83.